The second-order valence-corrected chi connectivity index (χ2v) is 20.5. The molecule has 1 aliphatic heterocycles. The number of phosphoric ester groups is 2. The molecule has 356 valence electrons. The molecule has 0 radical (unpaired) electrons. The summed E-state index contributed by atoms with van der Waals surface area (Å²) in [7, 11) is -10.6. The second kappa shape index (κ2) is 33.2. The van der Waals surface area contributed by atoms with Gasteiger partial charge in [0.05, 0.1) is 13.2 Å². The fraction of sp³-hybridized carbons (Fsp3) is 0.881. The zero-order chi connectivity index (χ0) is 44.8. The second-order valence-electron chi connectivity index (χ2n) is 16.3. The maximum atomic E-state index is 12.8. The minimum absolute atomic E-state index is 0.0775. The van der Waals surface area contributed by atoms with Gasteiger partial charge in [0.2, 0.25) is 0 Å². The van der Waals surface area contributed by atoms with Gasteiger partial charge in [0.25, 0.3) is 0 Å². The Balaban J connectivity index is 1.79. The van der Waals surface area contributed by atoms with E-state index in [2.05, 4.69) is 23.1 Å². The van der Waals surface area contributed by atoms with Gasteiger partial charge in [-0.3, -0.25) is 18.4 Å². The van der Waals surface area contributed by atoms with Gasteiger partial charge in [-0.15, -0.1) is 0 Å². The van der Waals surface area contributed by atoms with E-state index in [-0.39, 0.29) is 18.0 Å². The number of carbonyl (C=O) groups is 1. The predicted molar refractivity (Wildman–Crippen MR) is 240 cm³/mol. The maximum Gasteiger partial charge on any atom is 0.481 e. The number of nitrogens with zero attached hydrogens (tertiary/aromatic N) is 2. The Morgan fingerprint density at radius 1 is 0.770 bits per heavy atom. The van der Waals surface area contributed by atoms with Crippen molar-refractivity contribution in [2.24, 2.45) is 0 Å². The fourth-order valence-corrected chi connectivity index (χ4v) is 10.3. The lowest BCUT2D eigenvalue weighted by atomic mass is 10.0. The van der Waals surface area contributed by atoms with E-state index >= 15 is 0 Å². The summed E-state index contributed by atoms with van der Waals surface area (Å²) in [6, 6.07) is 1.27. The van der Waals surface area contributed by atoms with Gasteiger partial charge in [-0.1, -0.05) is 162 Å². The third kappa shape index (κ3) is 26.3. The summed E-state index contributed by atoms with van der Waals surface area (Å²) in [5.41, 5.74) is 4.62. The van der Waals surface area contributed by atoms with Crippen LogP contribution in [-0.2, 0) is 36.8 Å². The number of ether oxygens (including phenoxy) is 2. The summed E-state index contributed by atoms with van der Waals surface area (Å²) in [6.07, 6.45) is 24.3. The van der Waals surface area contributed by atoms with Crippen molar-refractivity contribution in [1.29, 1.82) is 0 Å². The Hall–Kier alpha value is -1.36. The fourth-order valence-electron chi connectivity index (χ4n) is 7.15. The molecule has 19 heteroatoms. The number of aliphatic hydroxyl groups excluding tert-OH is 2. The summed E-state index contributed by atoms with van der Waals surface area (Å²) in [5, 5.41) is 20.9. The van der Waals surface area contributed by atoms with Gasteiger partial charge in [0, 0.05) is 18.4 Å². The number of rotatable bonds is 39. The number of anilines is 1. The van der Waals surface area contributed by atoms with Gasteiger partial charge in [-0.05, 0) is 24.7 Å². The summed E-state index contributed by atoms with van der Waals surface area (Å²) < 4.78 is 51.8. The molecule has 1 aliphatic rings. The molecule has 1 saturated heterocycles. The molecular formula is C42H79N3O13P2S. The van der Waals surface area contributed by atoms with E-state index in [0.29, 0.717) is 6.42 Å². The summed E-state index contributed by atoms with van der Waals surface area (Å²) in [4.78, 5) is 49.2. The molecule has 6 N–H and O–H groups in total. The lowest BCUT2D eigenvalue weighted by molar-refractivity contribution is -0.149. The van der Waals surface area contributed by atoms with Crippen LogP contribution in [0.3, 0.4) is 0 Å². The first kappa shape index (κ1) is 55.8. The third-order valence-electron chi connectivity index (χ3n) is 10.7. The van der Waals surface area contributed by atoms with Crippen LogP contribution in [0.5, 0.6) is 0 Å². The Morgan fingerprint density at radius 2 is 1.25 bits per heavy atom. The lowest BCUT2D eigenvalue weighted by Gasteiger charge is -2.21. The van der Waals surface area contributed by atoms with Crippen molar-refractivity contribution in [3.05, 3.63) is 22.7 Å². The van der Waals surface area contributed by atoms with Crippen molar-refractivity contribution in [3.8, 4) is 0 Å². The van der Waals surface area contributed by atoms with Crippen LogP contribution in [0.15, 0.2) is 17.1 Å². The number of aliphatic hydroxyl groups is 2. The first-order valence-corrected chi connectivity index (χ1v) is 27.2. The van der Waals surface area contributed by atoms with Crippen LogP contribution < -0.4 is 11.4 Å². The zero-order valence-corrected chi connectivity index (χ0v) is 39.6. The van der Waals surface area contributed by atoms with Gasteiger partial charge in [-0.2, -0.15) is 21.1 Å². The summed E-state index contributed by atoms with van der Waals surface area (Å²) in [5.74, 6) is 0.542. The van der Waals surface area contributed by atoms with Gasteiger partial charge < -0.3 is 35.2 Å². The molecule has 1 aromatic heterocycles. The van der Waals surface area contributed by atoms with Crippen LogP contribution in [0.25, 0.3) is 0 Å². The molecule has 3 unspecified atom stereocenters. The topological polar surface area (TPSA) is 239 Å². The van der Waals surface area contributed by atoms with Gasteiger partial charge in [0.1, 0.15) is 30.2 Å². The number of unbranched alkanes of at least 4 members (excludes halogenated alkanes) is 23. The molecule has 0 aromatic carbocycles. The van der Waals surface area contributed by atoms with Crippen LogP contribution >= 0.6 is 27.4 Å². The molecule has 16 nitrogen and oxygen atoms in total. The minimum Gasteiger partial charge on any atom is -0.459 e. The molecule has 7 atom stereocenters. The Labute approximate surface area is 369 Å². The van der Waals surface area contributed by atoms with Crippen LogP contribution in [-0.4, -0.2) is 84.7 Å². The summed E-state index contributed by atoms with van der Waals surface area (Å²) in [6.45, 7) is 3.00. The Bertz CT molecular complexity index is 1460. The van der Waals surface area contributed by atoms with Crippen molar-refractivity contribution in [2.45, 2.75) is 211 Å². The number of carbonyl (C=O) groups excluding carboxylic acids is 1. The quantitative estimate of drug-likeness (QED) is 0.0235. The molecule has 61 heavy (non-hydrogen) atoms. The first-order chi connectivity index (χ1) is 29.3. The summed E-state index contributed by atoms with van der Waals surface area (Å²) >= 11 is 1.53. The number of nitrogen functional groups attached to an aromatic ring is 1. The Kier molecular flexibility index (Phi) is 30.3. The highest BCUT2D eigenvalue weighted by atomic mass is 32.2. The van der Waals surface area contributed by atoms with E-state index in [1.165, 1.54) is 140 Å². The monoisotopic (exact) mass is 927 g/mol. The predicted octanol–water partition coefficient (Wildman–Crippen LogP) is 9.52. The van der Waals surface area contributed by atoms with Gasteiger partial charge in [-0.25, -0.2) is 13.9 Å². The van der Waals surface area contributed by atoms with E-state index in [1.54, 1.807) is 0 Å². The number of hydrogen-bond acceptors (Lipinski definition) is 14. The van der Waals surface area contributed by atoms with Gasteiger partial charge in [0.15, 0.2) is 6.23 Å². The molecule has 1 fully saturated rings. The highest BCUT2D eigenvalue weighted by Crippen LogP contribution is 2.60. The first-order valence-electron chi connectivity index (χ1n) is 23.1. The average molecular weight is 928 g/mol. The molecule has 0 spiro atoms. The van der Waals surface area contributed by atoms with E-state index in [9.17, 15) is 38.7 Å². The van der Waals surface area contributed by atoms with Crippen LogP contribution in [0, 0.1) is 0 Å². The molecule has 1 aromatic rings. The lowest BCUT2D eigenvalue weighted by Crippen LogP contribution is -2.36. The Morgan fingerprint density at radius 3 is 1.75 bits per heavy atom. The number of esters is 1. The zero-order valence-electron chi connectivity index (χ0n) is 37.0. The molecule has 0 amide bonds. The normalized spacial score (nSPS) is 20.4. The smallest absolute Gasteiger partial charge is 0.459 e. The van der Waals surface area contributed by atoms with E-state index in [0.717, 1.165) is 48.8 Å². The molecule has 2 heterocycles. The van der Waals surface area contributed by atoms with Crippen molar-refractivity contribution < 1.29 is 56.8 Å². The molecule has 0 aliphatic carbocycles. The number of phosphoric acid groups is 2. The molecular weight excluding hydrogens is 848 g/mol. The average Bonchev–Trinajstić information content (AvgIpc) is 3.49. The SMILES string of the molecule is CCCCCCCCCCCCCCCC(=O)OC(COP(=O)(O)OP(=O)(O)OC[C@H]1O[C@@H](n2ccc(N)nc2=O)[C@@H](O)[C@@H]1O)CSCCCCCCCCCCCCCC. The van der Waals surface area contributed by atoms with Crippen LogP contribution in [0.4, 0.5) is 5.82 Å². The number of aromatic nitrogens is 2. The standard InChI is InChI=1S/C42H79N3O13P2S/c1-3-5-7-9-11-13-15-17-18-20-22-24-26-28-38(46)56-35(34-61-31-27-25-23-21-19-16-14-12-10-8-6-4-2)32-54-59(50,51)58-60(52,53)55-33-36-39(47)40(48)41(57-36)45-30-29-37(43)44-42(45)49/h29-30,35-36,39-41,47-48H,3-28,31-34H2,1-2H3,(H,50,51)(H,52,53)(H2,43,44,49)/t35?,36-,39-,40+,41-/m1/s1. The van der Waals surface area contributed by atoms with Crippen molar-refractivity contribution in [1.82, 2.24) is 9.55 Å². The minimum atomic E-state index is -5.32. The largest absolute Gasteiger partial charge is 0.481 e. The highest BCUT2D eigenvalue weighted by molar-refractivity contribution is 7.99. The number of nitrogens with two attached hydrogens (primary N) is 1. The van der Waals surface area contributed by atoms with E-state index in [1.807, 2.05) is 0 Å². The van der Waals surface area contributed by atoms with Crippen LogP contribution in [0.1, 0.15) is 187 Å². The maximum absolute atomic E-state index is 12.8. The van der Waals surface area contributed by atoms with E-state index < -0.39 is 71.2 Å². The van der Waals surface area contributed by atoms with Crippen LogP contribution in [0.2, 0.25) is 0 Å². The number of thioether (sulfide) groups is 1. The van der Waals surface area contributed by atoms with E-state index in [4.69, 9.17) is 24.3 Å². The number of hydrogen-bond donors (Lipinski definition) is 5. The third-order valence-corrected chi connectivity index (χ3v) is 14.5. The van der Waals surface area contributed by atoms with Crippen molar-refractivity contribution >= 4 is 39.2 Å². The van der Waals surface area contributed by atoms with Crippen molar-refractivity contribution in [2.75, 3.05) is 30.5 Å². The highest BCUT2D eigenvalue weighted by Gasteiger charge is 2.46. The molecule has 0 saturated carbocycles. The molecule has 0 bridgehead atoms. The van der Waals surface area contributed by atoms with Crippen molar-refractivity contribution in [3.63, 3.8) is 0 Å². The van der Waals surface area contributed by atoms with Gasteiger partial charge >= 0.3 is 27.3 Å². The molecule has 2 rings (SSSR count).